The van der Waals surface area contributed by atoms with Crippen molar-refractivity contribution in [2.24, 2.45) is 0 Å². The summed E-state index contributed by atoms with van der Waals surface area (Å²) in [5.74, 6) is 0.819. The van der Waals surface area contributed by atoms with Gasteiger partial charge in [-0.05, 0) is 33.6 Å². The van der Waals surface area contributed by atoms with Gasteiger partial charge in [0, 0.05) is 18.7 Å². The van der Waals surface area contributed by atoms with Gasteiger partial charge in [-0.2, -0.15) is 0 Å². The number of nitrogens with zero attached hydrogens (tertiary/aromatic N) is 4. The molecule has 1 unspecified atom stereocenters. The number of halogens is 1. The van der Waals surface area contributed by atoms with Crippen LogP contribution in [0.3, 0.4) is 0 Å². The van der Waals surface area contributed by atoms with E-state index in [1.807, 2.05) is 25.7 Å². The molecule has 23 heavy (non-hydrogen) atoms. The third-order valence-corrected chi connectivity index (χ3v) is 4.07. The maximum atomic E-state index is 13.5. The van der Waals surface area contributed by atoms with Gasteiger partial charge in [0.1, 0.15) is 23.9 Å². The number of carbonyl (C=O) groups is 1. The fourth-order valence-electron chi connectivity index (χ4n) is 3.00. The Hall–Kier alpha value is -1.92. The predicted octanol–water partition coefficient (Wildman–Crippen LogP) is 2.32. The second kappa shape index (κ2) is 5.94. The monoisotopic (exact) mass is 322 g/mol. The molecule has 6 nitrogen and oxygen atoms in total. The molecule has 0 aliphatic carbocycles. The minimum atomic E-state index is -0.789. The van der Waals surface area contributed by atoms with Crippen molar-refractivity contribution in [3.8, 4) is 0 Å². The van der Waals surface area contributed by atoms with Crippen LogP contribution in [-0.4, -0.2) is 52.4 Å². The molecule has 0 aromatic carbocycles. The van der Waals surface area contributed by atoms with Crippen molar-refractivity contribution < 1.29 is 13.9 Å². The van der Waals surface area contributed by atoms with Gasteiger partial charge in [0.15, 0.2) is 0 Å². The standard InChI is InChI=1S/C16H23FN4O2/c1-16(2,3)23-15(22)21-7-5-12-13(9-21)18-10-19-14(12)20-6-4-11(17)8-20/h10-11H,4-9H2,1-3H3. The Morgan fingerprint density at radius 3 is 2.78 bits per heavy atom. The molecule has 7 heteroatoms. The summed E-state index contributed by atoms with van der Waals surface area (Å²) in [6.45, 7) is 7.60. The van der Waals surface area contributed by atoms with Gasteiger partial charge in [-0.3, -0.25) is 0 Å². The normalized spacial score (nSPS) is 21.3. The van der Waals surface area contributed by atoms with E-state index in [9.17, 15) is 9.18 Å². The number of rotatable bonds is 1. The molecular weight excluding hydrogens is 299 g/mol. The van der Waals surface area contributed by atoms with Crippen LogP contribution >= 0.6 is 0 Å². The van der Waals surface area contributed by atoms with E-state index in [0.29, 0.717) is 39.0 Å². The molecular formula is C16H23FN4O2. The predicted molar refractivity (Wildman–Crippen MR) is 84.1 cm³/mol. The van der Waals surface area contributed by atoms with E-state index in [1.54, 1.807) is 4.90 Å². The summed E-state index contributed by atoms with van der Waals surface area (Å²) in [5.41, 5.74) is 1.34. The van der Waals surface area contributed by atoms with E-state index < -0.39 is 11.8 Å². The summed E-state index contributed by atoms with van der Waals surface area (Å²) in [4.78, 5) is 24.5. The maximum absolute atomic E-state index is 13.5. The van der Waals surface area contributed by atoms with E-state index in [1.165, 1.54) is 6.33 Å². The molecule has 1 aromatic rings. The number of hydrogen-bond donors (Lipinski definition) is 0. The number of alkyl halides is 1. The molecule has 0 saturated carbocycles. The summed E-state index contributed by atoms with van der Waals surface area (Å²) < 4.78 is 18.9. The average Bonchev–Trinajstić information content (AvgIpc) is 2.90. The van der Waals surface area contributed by atoms with Crippen molar-refractivity contribution in [1.29, 1.82) is 0 Å². The Bertz CT molecular complexity index is 602. The van der Waals surface area contributed by atoms with Gasteiger partial charge in [0.25, 0.3) is 0 Å². The Labute approximate surface area is 135 Å². The Kier molecular flexibility index (Phi) is 4.12. The first kappa shape index (κ1) is 16.0. The molecule has 0 bridgehead atoms. The Balaban J connectivity index is 1.76. The molecule has 2 aliphatic heterocycles. The van der Waals surface area contributed by atoms with Gasteiger partial charge in [0.2, 0.25) is 0 Å². The SMILES string of the molecule is CC(C)(C)OC(=O)N1CCc2c(ncnc2N2CCC(F)C2)C1. The highest BCUT2D eigenvalue weighted by Gasteiger charge is 2.31. The highest BCUT2D eigenvalue weighted by Crippen LogP contribution is 2.29. The second-order valence-corrected chi connectivity index (χ2v) is 7.11. The molecule has 2 aliphatic rings. The molecule has 1 saturated heterocycles. The summed E-state index contributed by atoms with van der Waals surface area (Å²) in [7, 11) is 0. The van der Waals surface area contributed by atoms with Crippen LogP contribution in [0.1, 0.15) is 38.4 Å². The molecule has 3 rings (SSSR count). The molecule has 1 amide bonds. The van der Waals surface area contributed by atoms with Crippen LogP contribution in [0, 0.1) is 0 Å². The highest BCUT2D eigenvalue weighted by atomic mass is 19.1. The average molecular weight is 322 g/mol. The maximum Gasteiger partial charge on any atom is 0.410 e. The fourth-order valence-corrected chi connectivity index (χ4v) is 3.00. The second-order valence-electron chi connectivity index (χ2n) is 7.11. The van der Waals surface area contributed by atoms with Gasteiger partial charge in [-0.25, -0.2) is 19.2 Å². The first-order valence-electron chi connectivity index (χ1n) is 8.03. The van der Waals surface area contributed by atoms with Crippen molar-refractivity contribution in [3.05, 3.63) is 17.6 Å². The van der Waals surface area contributed by atoms with Crippen LogP contribution in [0.4, 0.5) is 15.0 Å². The van der Waals surface area contributed by atoms with Crippen molar-refractivity contribution >= 4 is 11.9 Å². The number of aromatic nitrogens is 2. The van der Waals surface area contributed by atoms with Crippen LogP contribution in [0.5, 0.6) is 0 Å². The summed E-state index contributed by atoms with van der Waals surface area (Å²) in [5, 5.41) is 0. The van der Waals surface area contributed by atoms with Crippen molar-refractivity contribution in [3.63, 3.8) is 0 Å². The van der Waals surface area contributed by atoms with Gasteiger partial charge in [-0.15, -0.1) is 0 Å². The molecule has 126 valence electrons. The first-order chi connectivity index (χ1) is 10.8. The van der Waals surface area contributed by atoms with Crippen LogP contribution in [0.25, 0.3) is 0 Å². The number of carbonyl (C=O) groups excluding carboxylic acids is 1. The van der Waals surface area contributed by atoms with Crippen LogP contribution < -0.4 is 4.90 Å². The number of hydrogen-bond acceptors (Lipinski definition) is 5. The topological polar surface area (TPSA) is 58.6 Å². The van der Waals surface area contributed by atoms with Crippen LogP contribution in [-0.2, 0) is 17.7 Å². The van der Waals surface area contributed by atoms with Crippen molar-refractivity contribution in [1.82, 2.24) is 14.9 Å². The smallest absolute Gasteiger partial charge is 0.410 e. The zero-order valence-electron chi connectivity index (χ0n) is 13.9. The van der Waals surface area contributed by atoms with Crippen LogP contribution in [0.15, 0.2) is 6.33 Å². The number of amides is 1. The van der Waals surface area contributed by atoms with E-state index in [2.05, 4.69) is 9.97 Å². The molecule has 0 radical (unpaired) electrons. The lowest BCUT2D eigenvalue weighted by Gasteiger charge is -2.32. The van der Waals surface area contributed by atoms with Gasteiger partial charge < -0.3 is 14.5 Å². The van der Waals surface area contributed by atoms with E-state index in [4.69, 9.17) is 4.74 Å². The van der Waals surface area contributed by atoms with Crippen molar-refractivity contribution in [2.45, 2.75) is 51.9 Å². The van der Waals surface area contributed by atoms with Crippen LogP contribution in [0.2, 0.25) is 0 Å². The largest absolute Gasteiger partial charge is 0.444 e. The Morgan fingerprint density at radius 2 is 2.13 bits per heavy atom. The van der Waals surface area contributed by atoms with E-state index in [-0.39, 0.29) is 6.09 Å². The lowest BCUT2D eigenvalue weighted by atomic mass is 10.1. The molecule has 1 fully saturated rings. The summed E-state index contributed by atoms with van der Waals surface area (Å²) in [6.07, 6.45) is 1.59. The van der Waals surface area contributed by atoms with E-state index >= 15 is 0 Å². The number of fused-ring (bicyclic) bond motifs is 1. The fraction of sp³-hybridized carbons (Fsp3) is 0.688. The highest BCUT2D eigenvalue weighted by molar-refractivity contribution is 5.69. The van der Waals surface area contributed by atoms with E-state index in [0.717, 1.165) is 17.1 Å². The molecule has 3 heterocycles. The lowest BCUT2D eigenvalue weighted by molar-refractivity contribution is 0.0221. The minimum absolute atomic E-state index is 0.326. The minimum Gasteiger partial charge on any atom is -0.444 e. The summed E-state index contributed by atoms with van der Waals surface area (Å²) in [6, 6.07) is 0. The third kappa shape index (κ3) is 3.54. The molecule has 0 N–H and O–H groups in total. The van der Waals surface area contributed by atoms with Crippen molar-refractivity contribution in [2.75, 3.05) is 24.5 Å². The number of ether oxygens (including phenoxy) is 1. The lowest BCUT2D eigenvalue weighted by Crippen LogP contribution is -2.40. The van der Waals surface area contributed by atoms with Gasteiger partial charge >= 0.3 is 6.09 Å². The summed E-state index contributed by atoms with van der Waals surface area (Å²) >= 11 is 0. The molecule has 1 aromatic heterocycles. The molecule has 0 spiro atoms. The first-order valence-corrected chi connectivity index (χ1v) is 8.03. The third-order valence-electron chi connectivity index (χ3n) is 4.07. The zero-order chi connectivity index (χ0) is 16.6. The van der Waals surface area contributed by atoms with Gasteiger partial charge in [-0.1, -0.05) is 0 Å². The number of anilines is 1. The Morgan fingerprint density at radius 1 is 1.35 bits per heavy atom. The molecule has 1 atom stereocenters. The quantitative estimate of drug-likeness (QED) is 0.794. The van der Waals surface area contributed by atoms with Gasteiger partial charge in [0.05, 0.1) is 18.8 Å². The zero-order valence-corrected chi connectivity index (χ0v) is 13.9.